The number of Topliss-reactive ketones (excluding diaryl/α,β-unsaturated/α-hetero) is 1. The minimum absolute atomic E-state index is 0.00384. The van der Waals surface area contributed by atoms with Crippen LogP contribution in [0.5, 0.6) is 0 Å². The summed E-state index contributed by atoms with van der Waals surface area (Å²) >= 11 is 0. The van der Waals surface area contributed by atoms with E-state index in [1.165, 1.54) is 18.2 Å². The molecule has 3 rings (SSSR count). The number of esters is 1. The van der Waals surface area contributed by atoms with E-state index in [0.29, 0.717) is 6.42 Å². The molecule has 1 aromatic carbocycles. The van der Waals surface area contributed by atoms with Crippen LogP contribution in [-0.2, 0) is 25.2 Å². The lowest BCUT2D eigenvalue weighted by atomic mass is 9.69. The third-order valence-electron chi connectivity index (χ3n) is 5.03. The number of nitrogens with two attached hydrogens (primary N) is 1. The Morgan fingerprint density at radius 3 is 2.55 bits per heavy atom. The number of allylic oxidation sites excluding steroid dienone is 2. The number of carbonyl (C=O) groups is 2. The summed E-state index contributed by atoms with van der Waals surface area (Å²) in [5.74, 6) is -2.71. The van der Waals surface area contributed by atoms with Gasteiger partial charge in [-0.25, -0.2) is 4.79 Å². The number of alkyl halides is 3. The number of hydrogen-bond acceptors (Lipinski definition) is 5. The van der Waals surface area contributed by atoms with Gasteiger partial charge >= 0.3 is 12.1 Å². The van der Waals surface area contributed by atoms with Gasteiger partial charge in [-0.2, -0.15) is 13.2 Å². The zero-order chi connectivity index (χ0) is 21.6. The van der Waals surface area contributed by atoms with Crippen LogP contribution < -0.4 is 5.73 Å². The summed E-state index contributed by atoms with van der Waals surface area (Å²) < 4.78 is 51.8. The maximum atomic E-state index is 13.7. The quantitative estimate of drug-likeness (QED) is 0.757. The largest absolute Gasteiger partial charge is 0.462 e. The summed E-state index contributed by atoms with van der Waals surface area (Å²) in [6.45, 7) is 5.28. The Morgan fingerprint density at radius 1 is 1.28 bits per heavy atom. The lowest BCUT2D eigenvalue weighted by molar-refractivity contribution is -0.141. The number of benzene rings is 1. The monoisotopic (exact) mass is 409 g/mol. The molecule has 1 unspecified atom stereocenters. The zero-order valence-electron chi connectivity index (χ0n) is 16.4. The number of carbonyl (C=O) groups excluding carboxylic acids is 2. The Bertz CT molecular complexity index is 928. The second-order valence-electron chi connectivity index (χ2n) is 7.90. The molecule has 0 fully saturated rings. The molecule has 0 aromatic heterocycles. The van der Waals surface area contributed by atoms with Gasteiger partial charge < -0.3 is 15.2 Å². The fourth-order valence-electron chi connectivity index (χ4n) is 3.91. The van der Waals surface area contributed by atoms with Crippen LogP contribution in [0.3, 0.4) is 0 Å². The SMILES string of the molecule is CCOC(=O)C1=C(N)OC2=C(C(=O)CC(C)(C)C2)C1c1ccccc1C(F)(F)F. The van der Waals surface area contributed by atoms with Gasteiger partial charge in [0.05, 0.1) is 18.1 Å². The second-order valence-corrected chi connectivity index (χ2v) is 7.90. The van der Waals surface area contributed by atoms with E-state index in [-0.39, 0.29) is 47.2 Å². The first-order valence-corrected chi connectivity index (χ1v) is 9.23. The molecule has 0 amide bonds. The van der Waals surface area contributed by atoms with Crippen LogP contribution in [0, 0.1) is 5.41 Å². The molecular formula is C21H22F3NO4. The molecule has 156 valence electrons. The van der Waals surface area contributed by atoms with Gasteiger partial charge in [-0.3, -0.25) is 4.79 Å². The molecule has 8 heteroatoms. The molecule has 0 radical (unpaired) electrons. The molecule has 0 spiro atoms. The molecule has 2 N–H and O–H groups in total. The highest BCUT2D eigenvalue weighted by Crippen LogP contribution is 2.50. The molecular weight excluding hydrogens is 387 g/mol. The Hall–Kier alpha value is -2.77. The van der Waals surface area contributed by atoms with Crippen molar-refractivity contribution in [1.29, 1.82) is 0 Å². The van der Waals surface area contributed by atoms with Gasteiger partial charge in [-0.05, 0) is 24.0 Å². The predicted octanol–water partition coefficient (Wildman–Crippen LogP) is 4.20. The third-order valence-corrected chi connectivity index (χ3v) is 5.03. The summed E-state index contributed by atoms with van der Waals surface area (Å²) in [6, 6.07) is 4.85. The van der Waals surface area contributed by atoms with Crippen LogP contribution in [-0.4, -0.2) is 18.4 Å². The van der Waals surface area contributed by atoms with E-state index < -0.39 is 29.0 Å². The molecule has 0 saturated carbocycles. The summed E-state index contributed by atoms with van der Waals surface area (Å²) in [6.07, 6.45) is -4.24. The van der Waals surface area contributed by atoms with E-state index >= 15 is 0 Å². The average molecular weight is 409 g/mol. The van der Waals surface area contributed by atoms with Crippen molar-refractivity contribution in [2.45, 2.75) is 45.7 Å². The molecule has 1 aliphatic carbocycles. The van der Waals surface area contributed by atoms with Crippen molar-refractivity contribution in [3.05, 3.63) is 58.2 Å². The van der Waals surface area contributed by atoms with Gasteiger partial charge in [0, 0.05) is 18.4 Å². The highest BCUT2D eigenvalue weighted by molar-refractivity contribution is 6.03. The number of halogens is 3. The Kier molecular flexibility index (Phi) is 5.23. The van der Waals surface area contributed by atoms with Crippen molar-refractivity contribution in [1.82, 2.24) is 0 Å². The number of ketones is 1. The van der Waals surface area contributed by atoms with E-state index in [1.54, 1.807) is 6.92 Å². The van der Waals surface area contributed by atoms with Crippen LogP contribution >= 0.6 is 0 Å². The number of ether oxygens (including phenoxy) is 2. The number of rotatable bonds is 3. The highest BCUT2D eigenvalue weighted by Gasteiger charge is 2.47. The summed E-state index contributed by atoms with van der Waals surface area (Å²) in [7, 11) is 0. The van der Waals surface area contributed by atoms with Crippen molar-refractivity contribution in [3.8, 4) is 0 Å². The first-order valence-electron chi connectivity index (χ1n) is 9.23. The molecule has 1 atom stereocenters. The van der Waals surface area contributed by atoms with Crippen LogP contribution in [0.4, 0.5) is 13.2 Å². The van der Waals surface area contributed by atoms with Gasteiger partial charge in [-0.15, -0.1) is 0 Å². The van der Waals surface area contributed by atoms with Gasteiger partial charge in [0.25, 0.3) is 0 Å². The molecule has 29 heavy (non-hydrogen) atoms. The molecule has 0 bridgehead atoms. The maximum absolute atomic E-state index is 13.7. The maximum Gasteiger partial charge on any atom is 0.416 e. The molecule has 1 aromatic rings. The minimum atomic E-state index is -4.68. The molecule has 0 saturated heterocycles. The molecule has 1 heterocycles. The molecule has 2 aliphatic rings. The third kappa shape index (κ3) is 3.88. The summed E-state index contributed by atoms with van der Waals surface area (Å²) in [5, 5.41) is 0. The van der Waals surface area contributed by atoms with Crippen molar-refractivity contribution in [2.24, 2.45) is 11.1 Å². The first kappa shape index (κ1) is 21.0. The van der Waals surface area contributed by atoms with Crippen LogP contribution in [0.25, 0.3) is 0 Å². The van der Waals surface area contributed by atoms with Gasteiger partial charge in [0.15, 0.2) is 5.78 Å². The summed E-state index contributed by atoms with van der Waals surface area (Å²) in [4.78, 5) is 25.6. The number of hydrogen-bond donors (Lipinski definition) is 1. The zero-order valence-corrected chi connectivity index (χ0v) is 16.4. The molecule has 5 nitrogen and oxygen atoms in total. The Morgan fingerprint density at radius 2 is 1.93 bits per heavy atom. The fourth-order valence-corrected chi connectivity index (χ4v) is 3.91. The highest BCUT2D eigenvalue weighted by atomic mass is 19.4. The Balaban J connectivity index is 2.28. The van der Waals surface area contributed by atoms with Crippen LogP contribution in [0.2, 0.25) is 0 Å². The van der Waals surface area contributed by atoms with Crippen molar-refractivity contribution in [3.63, 3.8) is 0 Å². The lowest BCUT2D eigenvalue weighted by Gasteiger charge is -2.38. The summed E-state index contributed by atoms with van der Waals surface area (Å²) in [5.41, 5.74) is 4.12. The fraction of sp³-hybridized carbons (Fsp3) is 0.429. The van der Waals surface area contributed by atoms with Gasteiger partial charge in [0.1, 0.15) is 11.3 Å². The topological polar surface area (TPSA) is 78.6 Å². The average Bonchev–Trinajstić information content (AvgIpc) is 2.58. The normalized spacial score (nSPS) is 21.6. The van der Waals surface area contributed by atoms with Crippen molar-refractivity contribution >= 4 is 11.8 Å². The van der Waals surface area contributed by atoms with E-state index in [2.05, 4.69) is 0 Å². The van der Waals surface area contributed by atoms with E-state index in [1.807, 2.05) is 13.8 Å². The molecule has 1 aliphatic heterocycles. The van der Waals surface area contributed by atoms with Gasteiger partial charge in [-0.1, -0.05) is 32.0 Å². The van der Waals surface area contributed by atoms with Gasteiger partial charge in [0.2, 0.25) is 5.88 Å². The van der Waals surface area contributed by atoms with Crippen molar-refractivity contribution < 1.29 is 32.2 Å². The van der Waals surface area contributed by atoms with Crippen LogP contribution in [0.1, 0.15) is 50.7 Å². The van der Waals surface area contributed by atoms with E-state index in [4.69, 9.17) is 15.2 Å². The predicted molar refractivity (Wildman–Crippen MR) is 98.2 cm³/mol. The minimum Gasteiger partial charge on any atom is -0.462 e. The van der Waals surface area contributed by atoms with Crippen LogP contribution in [0.15, 0.2) is 47.1 Å². The van der Waals surface area contributed by atoms with E-state index in [9.17, 15) is 22.8 Å². The second kappa shape index (κ2) is 7.24. The Labute approximate surface area is 166 Å². The van der Waals surface area contributed by atoms with E-state index in [0.717, 1.165) is 6.07 Å². The van der Waals surface area contributed by atoms with Crippen molar-refractivity contribution in [2.75, 3.05) is 6.61 Å². The lowest BCUT2D eigenvalue weighted by Crippen LogP contribution is -2.36. The first-order chi connectivity index (χ1) is 13.5. The standard InChI is InChI=1S/C21H22F3NO4/c1-4-28-19(27)17-15(11-7-5-6-8-12(11)21(22,23)24)16-13(26)9-20(2,3)10-14(16)29-18(17)25/h5-8,15H,4,9-10,25H2,1-3H3. The smallest absolute Gasteiger partial charge is 0.416 e.